The van der Waals surface area contributed by atoms with E-state index in [9.17, 15) is 18.5 Å². The van der Waals surface area contributed by atoms with E-state index in [1.54, 1.807) is 6.92 Å². The molecule has 0 amide bonds. The van der Waals surface area contributed by atoms with Crippen LogP contribution in [0.2, 0.25) is 0 Å². The smallest absolute Gasteiger partial charge is 0.271 e. The molecule has 0 aliphatic carbocycles. The number of sulfonamides is 1. The standard InChI is InChI=1S/C19H22N4O4S/c1-14-5-7-16(8-6-14)15(2)20-21-18-10-9-17(13-19(18)23(24)25)28(26,27)22-11-3-4-12-22/h5-10,13,21H,3-4,11-12H2,1-2H3. The zero-order valence-electron chi connectivity index (χ0n) is 15.8. The summed E-state index contributed by atoms with van der Waals surface area (Å²) in [5, 5.41) is 15.7. The lowest BCUT2D eigenvalue weighted by atomic mass is 10.1. The van der Waals surface area contributed by atoms with Crippen LogP contribution >= 0.6 is 0 Å². The first-order chi connectivity index (χ1) is 13.3. The molecule has 2 aromatic rings. The van der Waals surface area contributed by atoms with Gasteiger partial charge in [-0.05, 0) is 44.4 Å². The minimum absolute atomic E-state index is 0.0779. The first-order valence-corrected chi connectivity index (χ1v) is 10.4. The van der Waals surface area contributed by atoms with Gasteiger partial charge in [0.25, 0.3) is 5.69 Å². The number of hydrogen-bond donors (Lipinski definition) is 1. The summed E-state index contributed by atoms with van der Waals surface area (Å²) in [5.41, 5.74) is 5.16. The van der Waals surface area contributed by atoms with Gasteiger partial charge in [0.05, 0.1) is 15.5 Å². The van der Waals surface area contributed by atoms with Gasteiger partial charge in [-0.25, -0.2) is 8.42 Å². The Labute approximate surface area is 164 Å². The van der Waals surface area contributed by atoms with Crippen molar-refractivity contribution in [3.8, 4) is 0 Å². The van der Waals surface area contributed by atoms with Gasteiger partial charge in [-0.1, -0.05) is 29.8 Å². The molecule has 0 aromatic heterocycles. The summed E-state index contributed by atoms with van der Waals surface area (Å²) >= 11 is 0. The van der Waals surface area contributed by atoms with Crippen LogP contribution in [0.4, 0.5) is 11.4 Å². The number of nitrogens with zero attached hydrogens (tertiary/aromatic N) is 3. The first-order valence-electron chi connectivity index (χ1n) is 8.95. The highest BCUT2D eigenvalue weighted by Crippen LogP contribution is 2.30. The minimum atomic E-state index is -3.72. The van der Waals surface area contributed by atoms with E-state index in [0.717, 1.165) is 30.0 Å². The van der Waals surface area contributed by atoms with Crippen LogP contribution in [0, 0.1) is 17.0 Å². The summed E-state index contributed by atoms with van der Waals surface area (Å²) in [5.74, 6) is 0. The molecule has 28 heavy (non-hydrogen) atoms. The Kier molecular flexibility index (Phi) is 5.76. The van der Waals surface area contributed by atoms with Crippen molar-refractivity contribution in [2.24, 2.45) is 5.10 Å². The van der Waals surface area contributed by atoms with E-state index >= 15 is 0 Å². The lowest BCUT2D eigenvalue weighted by molar-refractivity contribution is -0.384. The number of nitrogens with one attached hydrogen (secondary N) is 1. The molecule has 148 valence electrons. The Morgan fingerprint density at radius 3 is 2.39 bits per heavy atom. The average Bonchev–Trinajstić information content (AvgIpc) is 3.22. The van der Waals surface area contributed by atoms with Gasteiger partial charge in [0.2, 0.25) is 10.0 Å². The van der Waals surface area contributed by atoms with Crippen LogP contribution in [0.15, 0.2) is 52.5 Å². The van der Waals surface area contributed by atoms with E-state index in [1.807, 2.05) is 31.2 Å². The van der Waals surface area contributed by atoms with Gasteiger partial charge in [-0.3, -0.25) is 15.5 Å². The van der Waals surface area contributed by atoms with Crippen LogP contribution in [-0.2, 0) is 10.0 Å². The van der Waals surface area contributed by atoms with Crippen LogP contribution in [0.3, 0.4) is 0 Å². The van der Waals surface area contributed by atoms with Gasteiger partial charge >= 0.3 is 0 Å². The fourth-order valence-electron chi connectivity index (χ4n) is 3.00. The van der Waals surface area contributed by atoms with E-state index in [-0.39, 0.29) is 16.3 Å². The minimum Gasteiger partial charge on any atom is -0.271 e. The number of hydrogen-bond acceptors (Lipinski definition) is 6. The van der Waals surface area contributed by atoms with Gasteiger partial charge in [0.1, 0.15) is 5.69 Å². The molecule has 3 rings (SSSR count). The molecule has 0 atom stereocenters. The maximum atomic E-state index is 12.7. The van der Waals surface area contributed by atoms with Crippen molar-refractivity contribution in [3.63, 3.8) is 0 Å². The van der Waals surface area contributed by atoms with E-state index < -0.39 is 14.9 Å². The van der Waals surface area contributed by atoms with Crippen molar-refractivity contribution in [1.82, 2.24) is 4.31 Å². The second-order valence-corrected chi connectivity index (χ2v) is 8.66. The third kappa shape index (κ3) is 4.20. The maximum Gasteiger partial charge on any atom is 0.295 e. The van der Waals surface area contributed by atoms with Crippen LogP contribution in [0.25, 0.3) is 0 Å². The molecule has 1 aliphatic rings. The second-order valence-electron chi connectivity index (χ2n) is 6.72. The molecule has 9 heteroatoms. The van der Waals surface area contributed by atoms with Crippen molar-refractivity contribution in [2.45, 2.75) is 31.6 Å². The lowest BCUT2D eigenvalue weighted by Crippen LogP contribution is -2.27. The summed E-state index contributed by atoms with van der Waals surface area (Å²) in [6, 6.07) is 11.6. The van der Waals surface area contributed by atoms with Crippen LogP contribution in [0.1, 0.15) is 30.9 Å². The molecular weight excluding hydrogens is 380 g/mol. The zero-order chi connectivity index (χ0) is 20.3. The fraction of sp³-hybridized carbons (Fsp3) is 0.316. The highest BCUT2D eigenvalue weighted by molar-refractivity contribution is 7.89. The van der Waals surface area contributed by atoms with Gasteiger partial charge in [0, 0.05) is 19.2 Å². The second kappa shape index (κ2) is 8.07. The van der Waals surface area contributed by atoms with E-state index in [1.165, 1.54) is 16.4 Å². The number of benzene rings is 2. The van der Waals surface area contributed by atoms with Crippen LogP contribution in [-0.4, -0.2) is 36.4 Å². The molecule has 1 N–H and O–H groups in total. The molecule has 2 aromatic carbocycles. The van der Waals surface area contributed by atoms with Gasteiger partial charge in [0.15, 0.2) is 0 Å². The van der Waals surface area contributed by atoms with E-state index in [4.69, 9.17) is 0 Å². The number of aryl methyl sites for hydroxylation is 1. The highest BCUT2D eigenvalue weighted by Gasteiger charge is 2.29. The third-order valence-electron chi connectivity index (χ3n) is 4.68. The lowest BCUT2D eigenvalue weighted by Gasteiger charge is -2.15. The van der Waals surface area contributed by atoms with Gasteiger partial charge in [-0.15, -0.1) is 0 Å². The molecule has 1 fully saturated rings. The van der Waals surface area contributed by atoms with E-state index in [2.05, 4.69) is 10.5 Å². The fourth-order valence-corrected chi connectivity index (χ4v) is 4.54. The molecule has 0 saturated carbocycles. The Morgan fingerprint density at radius 1 is 1.14 bits per heavy atom. The molecule has 0 bridgehead atoms. The number of nitro benzene ring substituents is 1. The first kappa shape index (κ1) is 20.0. The molecule has 0 unspecified atom stereocenters. The molecule has 1 aliphatic heterocycles. The average molecular weight is 402 g/mol. The van der Waals surface area contributed by atoms with Crippen molar-refractivity contribution in [3.05, 3.63) is 63.7 Å². The Balaban J connectivity index is 1.88. The van der Waals surface area contributed by atoms with Gasteiger partial charge in [-0.2, -0.15) is 9.41 Å². The molecule has 0 radical (unpaired) electrons. The molecule has 1 saturated heterocycles. The van der Waals surface area contributed by atoms with Crippen molar-refractivity contribution in [2.75, 3.05) is 18.5 Å². The van der Waals surface area contributed by atoms with Crippen molar-refractivity contribution >= 4 is 27.1 Å². The van der Waals surface area contributed by atoms with Crippen molar-refractivity contribution in [1.29, 1.82) is 0 Å². The Hall–Kier alpha value is -2.78. The number of anilines is 1. The molecule has 0 spiro atoms. The number of rotatable bonds is 6. The van der Waals surface area contributed by atoms with Crippen molar-refractivity contribution < 1.29 is 13.3 Å². The highest BCUT2D eigenvalue weighted by atomic mass is 32.2. The van der Waals surface area contributed by atoms with Gasteiger partial charge < -0.3 is 0 Å². The summed E-state index contributed by atoms with van der Waals surface area (Å²) < 4.78 is 26.7. The Morgan fingerprint density at radius 2 is 1.79 bits per heavy atom. The summed E-state index contributed by atoms with van der Waals surface area (Å²) in [6.45, 7) is 4.65. The predicted octanol–water partition coefficient (Wildman–Crippen LogP) is 3.52. The maximum absolute atomic E-state index is 12.7. The molecule has 1 heterocycles. The Bertz CT molecular complexity index is 1010. The molecular formula is C19H22N4O4S. The van der Waals surface area contributed by atoms with E-state index in [0.29, 0.717) is 18.8 Å². The number of hydrazone groups is 1. The normalized spacial score (nSPS) is 15.6. The third-order valence-corrected chi connectivity index (χ3v) is 6.58. The largest absolute Gasteiger partial charge is 0.295 e. The SMILES string of the molecule is CC(=NNc1ccc(S(=O)(=O)N2CCCC2)cc1[N+](=O)[O-])c1ccc(C)cc1. The predicted molar refractivity (Wildman–Crippen MR) is 108 cm³/mol. The summed E-state index contributed by atoms with van der Waals surface area (Å²) in [7, 11) is -3.72. The topological polar surface area (TPSA) is 105 Å². The summed E-state index contributed by atoms with van der Waals surface area (Å²) in [4.78, 5) is 10.8. The van der Waals surface area contributed by atoms with Crippen LogP contribution < -0.4 is 5.43 Å². The monoisotopic (exact) mass is 402 g/mol. The zero-order valence-corrected chi connectivity index (χ0v) is 16.6. The number of nitro groups is 1. The van der Waals surface area contributed by atoms with Crippen LogP contribution in [0.5, 0.6) is 0 Å². The summed E-state index contributed by atoms with van der Waals surface area (Å²) in [6.07, 6.45) is 1.60. The quantitative estimate of drug-likeness (QED) is 0.452. The molecule has 8 nitrogen and oxygen atoms in total.